The molecular weight excluding hydrogens is 414 g/mol. The van der Waals surface area contributed by atoms with Crippen LogP contribution in [0.3, 0.4) is 0 Å². The Kier molecular flexibility index (Phi) is 7.31. The number of anilines is 2. The molecule has 1 aromatic heterocycles. The first-order valence-corrected chi connectivity index (χ1v) is 10.5. The van der Waals surface area contributed by atoms with Gasteiger partial charge in [-0.3, -0.25) is 4.98 Å². The Bertz CT molecular complexity index is 792. The molecule has 0 aliphatic rings. The van der Waals surface area contributed by atoms with E-state index in [1.165, 1.54) is 11.4 Å². The van der Waals surface area contributed by atoms with Gasteiger partial charge in [0, 0.05) is 42.9 Å². The van der Waals surface area contributed by atoms with Gasteiger partial charge in [0.15, 0.2) is 0 Å². The molecule has 0 bridgehead atoms. The summed E-state index contributed by atoms with van der Waals surface area (Å²) in [5.41, 5.74) is 4.32. The number of halogens is 1. The fourth-order valence-corrected chi connectivity index (χ4v) is 3.22. The fraction of sp³-hybridized carbons (Fsp3) is 0.261. The Morgan fingerprint density at radius 3 is 1.68 bits per heavy atom. The van der Waals surface area contributed by atoms with Crippen molar-refractivity contribution in [2.24, 2.45) is 0 Å². The zero-order valence-electron chi connectivity index (χ0n) is 16.4. The summed E-state index contributed by atoms with van der Waals surface area (Å²) in [6, 6.07) is 24.8. The fourth-order valence-electron chi connectivity index (χ4n) is 3.05. The lowest BCUT2D eigenvalue weighted by atomic mass is 10.2. The van der Waals surface area contributed by atoms with Gasteiger partial charge in [-0.1, -0.05) is 52.3 Å². The van der Waals surface area contributed by atoms with Gasteiger partial charge in [0.1, 0.15) is 5.75 Å². The monoisotopic (exact) mass is 439 g/mol. The molecule has 3 aromatic rings. The molecule has 0 saturated carbocycles. The zero-order chi connectivity index (χ0) is 19.8. The summed E-state index contributed by atoms with van der Waals surface area (Å²) in [6.45, 7) is 2.07. The molecular formula is C23H26BrN3O. The summed E-state index contributed by atoms with van der Waals surface area (Å²) in [7, 11) is 4.16. The summed E-state index contributed by atoms with van der Waals surface area (Å²) >= 11 is 3.43. The highest BCUT2D eigenvalue weighted by atomic mass is 79.9. The molecule has 0 radical (unpaired) electrons. The summed E-state index contributed by atoms with van der Waals surface area (Å²) in [4.78, 5) is 9.29. The van der Waals surface area contributed by atoms with E-state index in [-0.39, 0.29) is 0 Å². The van der Waals surface area contributed by atoms with Gasteiger partial charge in [0.2, 0.25) is 0 Å². The van der Waals surface area contributed by atoms with Crippen LogP contribution in [0.1, 0.15) is 11.4 Å². The van der Waals surface area contributed by atoms with Crippen LogP contribution in [0.25, 0.3) is 0 Å². The molecule has 0 fully saturated rings. The Labute approximate surface area is 175 Å². The number of alkyl halides is 1. The Balaban J connectivity index is 1.80. The topological polar surface area (TPSA) is 28.6 Å². The molecule has 2 aromatic carbocycles. The number of hydrogen-bond acceptors (Lipinski definition) is 4. The highest BCUT2D eigenvalue weighted by molar-refractivity contribution is 9.09. The molecule has 0 amide bonds. The second kappa shape index (κ2) is 10.1. The van der Waals surface area contributed by atoms with E-state index in [1.54, 1.807) is 0 Å². The van der Waals surface area contributed by atoms with Crippen LogP contribution in [0, 0.1) is 0 Å². The van der Waals surface area contributed by atoms with Gasteiger partial charge in [-0.05, 0) is 24.3 Å². The van der Waals surface area contributed by atoms with Crippen LogP contribution >= 0.6 is 15.9 Å². The summed E-state index contributed by atoms with van der Waals surface area (Å²) in [6.07, 6.45) is 0. The minimum absolute atomic E-state index is 0.631. The van der Waals surface area contributed by atoms with Crippen molar-refractivity contribution in [1.82, 2.24) is 4.98 Å². The molecule has 0 aliphatic heterocycles. The number of rotatable bonds is 9. The number of benzene rings is 2. The first kappa shape index (κ1) is 20.2. The maximum absolute atomic E-state index is 5.89. The van der Waals surface area contributed by atoms with Crippen LogP contribution in [0.4, 0.5) is 11.4 Å². The van der Waals surface area contributed by atoms with E-state index in [0.717, 1.165) is 35.6 Å². The second-order valence-electron chi connectivity index (χ2n) is 6.71. The van der Waals surface area contributed by atoms with E-state index >= 15 is 0 Å². The molecule has 3 rings (SSSR count). The normalized spacial score (nSPS) is 10.5. The lowest BCUT2D eigenvalue weighted by Crippen LogP contribution is -2.20. The molecule has 1 heterocycles. The molecule has 0 spiro atoms. The van der Waals surface area contributed by atoms with E-state index in [1.807, 2.05) is 24.3 Å². The molecule has 5 heteroatoms. The van der Waals surface area contributed by atoms with Gasteiger partial charge in [0.05, 0.1) is 31.1 Å². The molecule has 146 valence electrons. The number of nitrogens with zero attached hydrogens (tertiary/aromatic N) is 3. The Morgan fingerprint density at radius 1 is 0.786 bits per heavy atom. The zero-order valence-corrected chi connectivity index (χ0v) is 18.0. The average Bonchev–Trinajstić information content (AvgIpc) is 2.73. The van der Waals surface area contributed by atoms with E-state index in [2.05, 4.69) is 88.4 Å². The quantitative estimate of drug-likeness (QED) is 0.432. The molecule has 0 aliphatic carbocycles. The number of pyridine rings is 1. The third-order valence-corrected chi connectivity index (χ3v) is 4.77. The second-order valence-corrected chi connectivity index (χ2v) is 7.50. The number of para-hydroxylation sites is 2. The minimum atomic E-state index is 0.631. The van der Waals surface area contributed by atoms with Crippen molar-refractivity contribution in [2.75, 3.05) is 35.8 Å². The predicted octanol–water partition coefficient (Wildman–Crippen LogP) is 5.13. The van der Waals surface area contributed by atoms with Crippen molar-refractivity contribution in [3.8, 4) is 5.75 Å². The maximum Gasteiger partial charge on any atom is 0.123 e. The third kappa shape index (κ3) is 5.73. The van der Waals surface area contributed by atoms with Gasteiger partial charge in [0.25, 0.3) is 0 Å². The first-order chi connectivity index (χ1) is 13.7. The molecule has 0 N–H and O–H groups in total. The molecule has 0 unspecified atom stereocenters. The van der Waals surface area contributed by atoms with Crippen LogP contribution in [-0.2, 0) is 13.1 Å². The van der Waals surface area contributed by atoms with Crippen molar-refractivity contribution in [1.29, 1.82) is 0 Å². The third-order valence-electron chi connectivity index (χ3n) is 4.44. The lowest BCUT2D eigenvalue weighted by Gasteiger charge is -2.22. The highest BCUT2D eigenvalue weighted by Gasteiger charge is 2.10. The molecule has 0 atom stereocenters. The number of ether oxygens (including phenoxy) is 1. The summed E-state index contributed by atoms with van der Waals surface area (Å²) < 4.78 is 5.89. The Hall–Kier alpha value is -2.53. The predicted molar refractivity (Wildman–Crippen MR) is 121 cm³/mol. The van der Waals surface area contributed by atoms with Crippen molar-refractivity contribution in [2.45, 2.75) is 13.1 Å². The standard InChI is InChI=1S/C23H26BrN3O/c1-26(21-9-5-3-6-10-21)17-19-15-23(28-14-13-24)16-20(25-19)18-27(2)22-11-7-4-8-12-22/h3-12,15-16H,13-14,17-18H2,1-2H3. The van der Waals surface area contributed by atoms with Crippen LogP contribution < -0.4 is 14.5 Å². The Morgan fingerprint density at radius 2 is 1.25 bits per heavy atom. The van der Waals surface area contributed by atoms with Gasteiger partial charge in [-0.25, -0.2) is 0 Å². The van der Waals surface area contributed by atoms with Crippen molar-refractivity contribution in [3.05, 3.63) is 84.2 Å². The highest BCUT2D eigenvalue weighted by Crippen LogP contribution is 2.21. The van der Waals surface area contributed by atoms with Gasteiger partial charge < -0.3 is 14.5 Å². The van der Waals surface area contributed by atoms with Gasteiger partial charge >= 0.3 is 0 Å². The van der Waals surface area contributed by atoms with Crippen LogP contribution in [-0.4, -0.2) is 31.0 Å². The van der Waals surface area contributed by atoms with Gasteiger partial charge in [-0.2, -0.15) is 0 Å². The smallest absolute Gasteiger partial charge is 0.123 e. The minimum Gasteiger partial charge on any atom is -0.493 e. The van der Waals surface area contributed by atoms with Crippen molar-refractivity contribution in [3.63, 3.8) is 0 Å². The number of hydrogen-bond donors (Lipinski definition) is 0. The van der Waals surface area contributed by atoms with E-state index in [9.17, 15) is 0 Å². The van der Waals surface area contributed by atoms with E-state index in [0.29, 0.717) is 6.61 Å². The first-order valence-electron chi connectivity index (χ1n) is 9.36. The average molecular weight is 440 g/mol. The van der Waals surface area contributed by atoms with Crippen LogP contribution in [0.2, 0.25) is 0 Å². The summed E-state index contributed by atoms with van der Waals surface area (Å²) in [5.74, 6) is 0.863. The van der Waals surface area contributed by atoms with Crippen molar-refractivity contribution < 1.29 is 4.74 Å². The van der Waals surface area contributed by atoms with Crippen molar-refractivity contribution >= 4 is 27.3 Å². The molecule has 4 nitrogen and oxygen atoms in total. The van der Waals surface area contributed by atoms with E-state index < -0.39 is 0 Å². The van der Waals surface area contributed by atoms with Crippen LogP contribution in [0.15, 0.2) is 72.8 Å². The maximum atomic E-state index is 5.89. The lowest BCUT2D eigenvalue weighted by molar-refractivity contribution is 0.343. The largest absolute Gasteiger partial charge is 0.493 e. The molecule has 0 saturated heterocycles. The molecule has 28 heavy (non-hydrogen) atoms. The SMILES string of the molecule is CN(Cc1cc(OCCBr)cc(CN(C)c2ccccc2)n1)c1ccccc1. The van der Waals surface area contributed by atoms with Crippen LogP contribution in [0.5, 0.6) is 5.75 Å². The van der Waals surface area contributed by atoms with Gasteiger partial charge in [-0.15, -0.1) is 0 Å². The summed E-state index contributed by atoms with van der Waals surface area (Å²) in [5, 5.41) is 0.799. The number of aromatic nitrogens is 1. The van der Waals surface area contributed by atoms with E-state index in [4.69, 9.17) is 9.72 Å².